The number of nitrogens with zero attached hydrogens (tertiary/aromatic N) is 2. The molecular weight excluding hydrogens is 389 g/mol. The summed E-state index contributed by atoms with van der Waals surface area (Å²) in [4.78, 5) is 20.8. The number of nitrogens with one attached hydrogen (secondary N) is 1. The number of rotatable bonds is 3. The van der Waals surface area contributed by atoms with Gasteiger partial charge in [0.15, 0.2) is 11.4 Å². The van der Waals surface area contributed by atoms with E-state index in [0.717, 1.165) is 0 Å². The van der Waals surface area contributed by atoms with Gasteiger partial charge in [0.1, 0.15) is 17.8 Å². The van der Waals surface area contributed by atoms with Crippen molar-refractivity contribution in [1.82, 2.24) is 15.3 Å². The van der Waals surface area contributed by atoms with Crippen LogP contribution in [0.4, 0.5) is 0 Å². The highest BCUT2D eigenvalue weighted by Gasteiger charge is 2.19. The van der Waals surface area contributed by atoms with Crippen molar-refractivity contribution < 1.29 is 15.0 Å². The second-order valence-electron chi connectivity index (χ2n) is 5.48. The predicted molar refractivity (Wildman–Crippen MR) is 103 cm³/mol. The number of amides is 1. The summed E-state index contributed by atoms with van der Waals surface area (Å²) in [7, 11) is 0. The first-order valence-corrected chi connectivity index (χ1v) is 8.55. The highest BCUT2D eigenvalue weighted by atomic mass is 35.5. The summed E-state index contributed by atoms with van der Waals surface area (Å²) in [6, 6.07) is 8.26. The molecule has 136 valence electrons. The number of pyridine rings is 2. The summed E-state index contributed by atoms with van der Waals surface area (Å²) in [6.45, 7) is -0.223. The standard InChI is InChI=1S/C19H13Cl2N3O3/c20-12-7-11(8-13(21)9-12)10-23-19(27)17-18(26)16-14(3-1-5-22-16)15(24-17)4-2-6-25/h1,3,5,7-9,25-26H,6,10H2,(H,23,27). The number of carbonyl (C=O) groups excluding carboxylic acids is 1. The number of fused-ring (bicyclic) bond motifs is 1. The zero-order valence-electron chi connectivity index (χ0n) is 13.8. The van der Waals surface area contributed by atoms with Crippen LogP contribution in [0.25, 0.3) is 10.9 Å². The van der Waals surface area contributed by atoms with Crippen LogP contribution in [-0.2, 0) is 6.54 Å². The van der Waals surface area contributed by atoms with Crippen molar-refractivity contribution >= 4 is 40.0 Å². The van der Waals surface area contributed by atoms with Gasteiger partial charge < -0.3 is 15.5 Å². The predicted octanol–water partition coefficient (Wildman–Crippen LogP) is 2.92. The molecule has 2 aromatic heterocycles. The van der Waals surface area contributed by atoms with Gasteiger partial charge in [-0.1, -0.05) is 29.1 Å². The van der Waals surface area contributed by atoms with Crippen LogP contribution in [0.5, 0.6) is 5.75 Å². The van der Waals surface area contributed by atoms with Crippen LogP contribution in [0.2, 0.25) is 10.0 Å². The molecule has 0 bridgehead atoms. The van der Waals surface area contributed by atoms with Crippen LogP contribution >= 0.6 is 23.2 Å². The average Bonchev–Trinajstić information content (AvgIpc) is 2.65. The van der Waals surface area contributed by atoms with Crippen molar-refractivity contribution in [2.45, 2.75) is 6.54 Å². The van der Waals surface area contributed by atoms with Crippen LogP contribution in [0.1, 0.15) is 21.7 Å². The fraction of sp³-hybridized carbons (Fsp3) is 0.105. The quantitative estimate of drug-likeness (QED) is 0.586. The van der Waals surface area contributed by atoms with Gasteiger partial charge in [0, 0.05) is 28.2 Å². The van der Waals surface area contributed by atoms with Crippen LogP contribution < -0.4 is 5.32 Å². The Morgan fingerprint density at radius 1 is 1.22 bits per heavy atom. The lowest BCUT2D eigenvalue weighted by molar-refractivity contribution is 0.0943. The van der Waals surface area contributed by atoms with Gasteiger partial charge in [-0.25, -0.2) is 4.98 Å². The number of aromatic nitrogens is 2. The van der Waals surface area contributed by atoms with E-state index in [9.17, 15) is 9.90 Å². The minimum absolute atomic E-state index is 0.137. The smallest absolute Gasteiger partial charge is 0.274 e. The SMILES string of the molecule is O=C(NCc1cc(Cl)cc(Cl)c1)c1nc(C#CCO)c2cccnc2c1O. The molecule has 0 aliphatic rings. The van der Waals surface area contributed by atoms with Crippen molar-refractivity contribution in [3.8, 4) is 17.6 Å². The Labute approximate surface area is 164 Å². The Hall–Kier alpha value is -2.85. The van der Waals surface area contributed by atoms with E-state index >= 15 is 0 Å². The number of aliphatic hydroxyl groups is 1. The maximum absolute atomic E-state index is 12.6. The molecule has 0 atom stereocenters. The summed E-state index contributed by atoms with van der Waals surface area (Å²) >= 11 is 11.9. The third-order valence-corrected chi connectivity index (χ3v) is 4.05. The maximum Gasteiger partial charge on any atom is 0.274 e. The van der Waals surface area contributed by atoms with Crippen molar-refractivity contribution in [3.05, 3.63) is 63.5 Å². The molecule has 0 spiro atoms. The minimum atomic E-state index is -0.608. The Balaban J connectivity index is 1.95. The Morgan fingerprint density at radius 3 is 2.67 bits per heavy atom. The summed E-state index contributed by atoms with van der Waals surface area (Å²) in [5, 5.41) is 23.4. The van der Waals surface area contributed by atoms with Crippen molar-refractivity contribution in [2.24, 2.45) is 0 Å². The maximum atomic E-state index is 12.6. The molecule has 0 fully saturated rings. The van der Waals surface area contributed by atoms with Gasteiger partial charge in [0.25, 0.3) is 5.91 Å². The molecule has 0 saturated carbocycles. The van der Waals surface area contributed by atoms with E-state index in [-0.39, 0.29) is 35.8 Å². The molecule has 8 heteroatoms. The number of aliphatic hydroxyl groups excluding tert-OH is 1. The van der Waals surface area contributed by atoms with Crippen molar-refractivity contribution in [3.63, 3.8) is 0 Å². The number of aromatic hydroxyl groups is 1. The number of halogens is 2. The molecule has 0 aliphatic carbocycles. The molecule has 3 N–H and O–H groups in total. The van der Waals surface area contributed by atoms with Gasteiger partial charge >= 0.3 is 0 Å². The first-order valence-electron chi connectivity index (χ1n) is 7.80. The van der Waals surface area contributed by atoms with E-state index in [1.165, 1.54) is 6.20 Å². The lowest BCUT2D eigenvalue weighted by Gasteiger charge is -2.10. The van der Waals surface area contributed by atoms with Gasteiger partial charge in [-0.05, 0) is 41.8 Å². The molecule has 0 saturated heterocycles. The topological polar surface area (TPSA) is 95.3 Å². The van der Waals surface area contributed by atoms with Gasteiger partial charge in [0.2, 0.25) is 0 Å². The first kappa shape index (κ1) is 18.9. The van der Waals surface area contributed by atoms with E-state index < -0.39 is 5.91 Å². The molecule has 3 aromatic rings. The fourth-order valence-corrected chi connectivity index (χ4v) is 3.05. The largest absolute Gasteiger partial charge is 0.504 e. The van der Waals surface area contributed by atoms with E-state index in [4.69, 9.17) is 28.3 Å². The molecular formula is C19H13Cl2N3O3. The Morgan fingerprint density at radius 2 is 1.96 bits per heavy atom. The Kier molecular flexibility index (Phi) is 5.77. The fourth-order valence-electron chi connectivity index (χ4n) is 2.48. The van der Waals surface area contributed by atoms with Crippen molar-refractivity contribution in [1.29, 1.82) is 0 Å². The number of benzene rings is 1. The zero-order chi connectivity index (χ0) is 19.4. The Bertz CT molecular complexity index is 1070. The minimum Gasteiger partial charge on any atom is -0.504 e. The monoisotopic (exact) mass is 401 g/mol. The second kappa shape index (κ2) is 8.23. The zero-order valence-corrected chi connectivity index (χ0v) is 15.3. The lowest BCUT2D eigenvalue weighted by Crippen LogP contribution is -2.24. The molecule has 2 heterocycles. The highest BCUT2D eigenvalue weighted by molar-refractivity contribution is 6.34. The highest BCUT2D eigenvalue weighted by Crippen LogP contribution is 2.27. The van der Waals surface area contributed by atoms with Gasteiger partial charge in [-0.3, -0.25) is 9.78 Å². The molecule has 3 rings (SSSR count). The number of carbonyl (C=O) groups is 1. The molecule has 0 unspecified atom stereocenters. The molecule has 0 aliphatic heterocycles. The normalized spacial score (nSPS) is 10.3. The van der Waals surface area contributed by atoms with E-state index in [2.05, 4.69) is 27.1 Å². The second-order valence-corrected chi connectivity index (χ2v) is 6.35. The molecule has 6 nitrogen and oxygen atoms in total. The average molecular weight is 402 g/mol. The van der Waals surface area contributed by atoms with Crippen LogP contribution in [-0.4, -0.2) is 32.7 Å². The van der Waals surface area contributed by atoms with Crippen LogP contribution in [0.3, 0.4) is 0 Å². The molecule has 1 amide bonds. The van der Waals surface area contributed by atoms with E-state index in [1.807, 2.05) is 0 Å². The third-order valence-electron chi connectivity index (χ3n) is 3.61. The number of hydrogen-bond donors (Lipinski definition) is 3. The number of hydrogen-bond acceptors (Lipinski definition) is 5. The molecule has 27 heavy (non-hydrogen) atoms. The summed E-state index contributed by atoms with van der Waals surface area (Å²) < 4.78 is 0. The van der Waals surface area contributed by atoms with Gasteiger partial charge in [-0.15, -0.1) is 0 Å². The van der Waals surface area contributed by atoms with Crippen molar-refractivity contribution in [2.75, 3.05) is 6.61 Å². The first-order chi connectivity index (χ1) is 13.0. The lowest BCUT2D eigenvalue weighted by atomic mass is 10.1. The van der Waals surface area contributed by atoms with E-state index in [0.29, 0.717) is 21.0 Å². The summed E-state index contributed by atoms with van der Waals surface area (Å²) in [5.74, 6) is 4.20. The van der Waals surface area contributed by atoms with Crippen LogP contribution in [0.15, 0.2) is 36.5 Å². The molecule has 1 aromatic carbocycles. The third kappa shape index (κ3) is 4.29. The molecule has 0 radical (unpaired) electrons. The van der Waals surface area contributed by atoms with Crippen LogP contribution in [0, 0.1) is 11.8 Å². The van der Waals surface area contributed by atoms with Gasteiger partial charge in [-0.2, -0.15) is 0 Å². The van der Waals surface area contributed by atoms with E-state index in [1.54, 1.807) is 30.3 Å². The summed E-state index contributed by atoms with van der Waals surface area (Å²) in [5.41, 5.74) is 0.919. The summed E-state index contributed by atoms with van der Waals surface area (Å²) in [6.07, 6.45) is 1.49. The van der Waals surface area contributed by atoms with Gasteiger partial charge in [0.05, 0.1) is 0 Å².